The first-order chi connectivity index (χ1) is 14.3. The van der Waals surface area contributed by atoms with Gasteiger partial charge in [0.15, 0.2) is 11.5 Å². The summed E-state index contributed by atoms with van der Waals surface area (Å²) < 4.78 is 37.6. The van der Waals surface area contributed by atoms with Crippen molar-refractivity contribution in [3.05, 3.63) is 18.2 Å². The Hall–Kier alpha value is -2.33. The molecule has 1 rings (SSSR count). The number of rotatable bonds is 14. The highest BCUT2D eigenvalue weighted by Crippen LogP contribution is 2.30. The second-order valence-electron chi connectivity index (χ2n) is 6.70. The molecule has 30 heavy (non-hydrogen) atoms. The number of carbonyl (C=O) groups excluding carboxylic acids is 2. The third-order valence-corrected chi connectivity index (χ3v) is 6.13. The van der Waals surface area contributed by atoms with E-state index in [1.165, 1.54) is 32.4 Å². The Morgan fingerprint density at radius 1 is 0.900 bits per heavy atom. The third kappa shape index (κ3) is 7.83. The molecule has 0 atom stereocenters. The normalized spacial score (nSPS) is 11.2. The van der Waals surface area contributed by atoms with E-state index in [1.807, 2.05) is 13.8 Å². The first kappa shape index (κ1) is 25.7. The Labute approximate surface area is 179 Å². The standard InChI is InChI=1S/C20H33N3O6S/c1-5-7-11-21-19(24)14-23(15-20(25)22-12-8-6-2)30(26,27)16-9-10-17(28-3)18(13-16)29-4/h9-10,13H,5-8,11-12,14-15H2,1-4H3,(H,21,24)(H,22,25). The fraction of sp³-hybridized carbons (Fsp3) is 0.600. The Morgan fingerprint density at radius 2 is 1.40 bits per heavy atom. The van der Waals surface area contributed by atoms with Crippen molar-refractivity contribution >= 4 is 21.8 Å². The Balaban J connectivity index is 3.10. The minimum absolute atomic E-state index is 0.0946. The van der Waals surface area contributed by atoms with Crippen LogP contribution < -0.4 is 20.1 Å². The van der Waals surface area contributed by atoms with Crippen LogP contribution in [0.3, 0.4) is 0 Å². The number of hydrogen-bond donors (Lipinski definition) is 2. The van der Waals surface area contributed by atoms with Crippen LogP contribution in [-0.2, 0) is 19.6 Å². The van der Waals surface area contributed by atoms with E-state index in [2.05, 4.69) is 10.6 Å². The number of sulfonamides is 1. The van der Waals surface area contributed by atoms with E-state index in [9.17, 15) is 18.0 Å². The number of nitrogens with zero attached hydrogens (tertiary/aromatic N) is 1. The lowest BCUT2D eigenvalue weighted by Crippen LogP contribution is -2.46. The van der Waals surface area contributed by atoms with E-state index in [-0.39, 0.29) is 10.6 Å². The van der Waals surface area contributed by atoms with Crippen LogP contribution in [0.5, 0.6) is 11.5 Å². The summed E-state index contributed by atoms with van der Waals surface area (Å²) >= 11 is 0. The Kier molecular flexibility index (Phi) is 11.2. The molecule has 0 saturated carbocycles. The van der Waals surface area contributed by atoms with Crippen LogP contribution >= 0.6 is 0 Å². The summed E-state index contributed by atoms with van der Waals surface area (Å²) in [5.74, 6) is -0.321. The molecule has 0 aliphatic heterocycles. The van der Waals surface area contributed by atoms with Gasteiger partial charge in [0.1, 0.15) is 0 Å². The minimum atomic E-state index is -4.13. The first-order valence-electron chi connectivity index (χ1n) is 10.1. The van der Waals surface area contributed by atoms with Gasteiger partial charge in [-0.2, -0.15) is 4.31 Å². The van der Waals surface area contributed by atoms with Gasteiger partial charge < -0.3 is 20.1 Å². The highest BCUT2D eigenvalue weighted by Gasteiger charge is 2.29. The van der Waals surface area contributed by atoms with Crippen LogP contribution in [0.15, 0.2) is 23.1 Å². The van der Waals surface area contributed by atoms with E-state index in [4.69, 9.17) is 9.47 Å². The van der Waals surface area contributed by atoms with Gasteiger partial charge in [-0.15, -0.1) is 0 Å². The van der Waals surface area contributed by atoms with Crippen LogP contribution in [0.25, 0.3) is 0 Å². The lowest BCUT2D eigenvalue weighted by Gasteiger charge is -2.22. The number of benzene rings is 1. The zero-order valence-electron chi connectivity index (χ0n) is 18.2. The zero-order chi connectivity index (χ0) is 22.6. The van der Waals surface area contributed by atoms with Crippen LogP contribution in [0, 0.1) is 0 Å². The number of carbonyl (C=O) groups is 2. The molecule has 0 aliphatic carbocycles. The molecule has 9 nitrogen and oxygen atoms in total. The predicted octanol–water partition coefficient (Wildman–Crippen LogP) is 1.53. The quantitative estimate of drug-likeness (QED) is 0.422. The van der Waals surface area contributed by atoms with Crippen LogP contribution in [0.2, 0.25) is 0 Å². The van der Waals surface area contributed by atoms with Crippen molar-refractivity contribution in [3.8, 4) is 11.5 Å². The monoisotopic (exact) mass is 443 g/mol. The molecule has 0 radical (unpaired) electrons. The van der Waals surface area contributed by atoms with Crippen molar-refractivity contribution in [3.63, 3.8) is 0 Å². The van der Waals surface area contributed by atoms with E-state index in [0.29, 0.717) is 18.8 Å². The molecule has 0 aliphatic rings. The largest absolute Gasteiger partial charge is 0.493 e. The van der Waals surface area contributed by atoms with Crippen LogP contribution in [0.1, 0.15) is 39.5 Å². The van der Waals surface area contributed by atoms with Gasteiger partial charge in [0.05, 0.1) is 32.2 Å². The van der Waals surface area contributed by atoms with Gasteiger partial charge in [-0.1, -0.05) is 26.7 Å². The first-order valence-corrected chi connectivity index (χ1v) is 11.5. The minimum Gasteiger partial charge on any atom is -0.493 e. The van der Waals surface area contributed by atoms with Crippen LogP contribution in [-0.4, -0.2) is 64.9 Å². The van der Waals surface area contributed by atoms with Crippen molar-refractivity contribution in [2.45, 2.75) is 44.4 Å². The van der Waals surface area contributed by atoms with Gasteiger partial charge >= 0.3 is 0 Å². The summed E-state index contributed by atoms with van der Waals surface area (Å²) in [5.41, 5.74) is 0. The predicted molar refractivity (Wildman–Crippen MR) is 114 cm³/mol. The third-order valence-electron chi connectivity index (χ3n) is 4.34. The lowest BCUT2D eigenvalue weighted by molar-refractivity contribution is -0.123. The molecule has 0 heterocycles. The van der Waals surface area contributed by atoms with Gasteiger partial charge in [0.2, 0.25) is 21.8 Å². The molecule has 0 spiro atoms. The fourth-order valence-corrected chi connectivity index (χ4v) is 3.96. The molecule has 10 heteroatoms. The summed E-state index contributed by atoms with van der Waals surface area (Å²) in [7, 11) is -1.29. The summed E-state index contributed by atoms with van der Waals surface area (Å²) in [6, 6.07) is 4.13. The van der Waals surface area contributed by atoms with Crippen molar-refractivity contribution in [1.29, 1.82) is 0 Å². The molecular weight excluding hydrogens is 410 g/mol. The van der Waals surface area contributed by atoms with Crippen molar-refractivity contribution in [2.75, 3.05) is 40.4 Å². The number of nitrogens with one attached hydrogen (secondary N) is 2. The number of unbranched alkanes of at least 4 members (excludes halogenated alkanes) is 2. The number of hydrogen-bond acceptors (Lipinski definition) is 6. The zero-order valence-corrected chi connectivity index (χ0v) is 19.0. The summed E-state index contributed by atoms with van der Waals surface area (Å²) in [6.45, 7) is 3.95. The molecule has 1 aromatic rings. The maximum atomic E-state index is 13.2. The van der Waals surface area contributed by atoms with Crippen molar-refractivity contribution < 1.29 is 27.5 Å². The maximum absolute atomic E-state index is 13.2. The molecule has 0 unspecified atom stereocenters. The average molecular weight is 444 g/mol. The molecule has 0 saturated heterocycles. The molecule has 2 N–H and O–H groups in total. The Morgan fingerprint density at radius 3 is 1.83 bits per heavy atom. The fourth-order valence-electron chi connectivity index (χ4n) is 2.59. The van der Waals surface area contributed by atoms with Gasteiger partial charge in [-0.05, 0) is 25.0 Å². The second kappa shape index (κ2) is 13.1. The maximum Gasteiger partial charge on any atom is 0.244 e. The summed E-state index contributed by atoms with van der Waals surface area (Å²) in [5, 5.41) is 5.37. The highest BCUT2D eigenvalue weighted by molar-refractivity contribution is 7.89. The molecule has 1 aromatic carbocycles. The SMILES string of the molecule is CCCCNC(=O)CN(CC(=O)NCCCC)S(=O)(=O)c1ccc(OC)c(OC)c1. The lowest BCUT2D eigenvalue weighted by atomic mass is 10.3. The van der Waals surface area contributed by atoms with Crippen molar-refractivity contribution in [2.24, 2.45) is 0 Å². The summed E-state index contributed by atoms with van der Waals surface area (Å²) in [4.78, 5) is 24.5. The van der Waals surface area contributed by atoms with E-state index >= 15 is 0 Å². The Bertz CT molecular complexity index is 774. The average Bonchev–Trinajstić information content (AvgIpc) is 2.73. The van der Waals surface area contributed by atoms with Gasteiger partial charge in [-0.25, -0.2) is 8.42 Å². The van der Waals surface area contributed by atoms with Gasteiger partial charge in [-0.3, -0.25) is 9.59 Å². The van der Waals surface area contributed by atoms with E-state index in [0.717, 1.165) is 30.0 Å². The number of ether oxygens (including phenoxy) is 2. The van der Waals surface area contributed by atoms with Gasteiger partial charge in [0, 0.05) is 19.2 Å². The molecular formula is C20H33N3O6S. The van der Waals surface area contributed by atoms with Crippen molar-refractivity contribution in [1.82, 2.24) is 14.9 Å². The molecule has 0 aromatic heterocycles. The summed E-state index contributed by atoms with van der Waals surface area (Å²) in [6.07, 6.45) is 3.36. The second-order valence-corrected chi connectivity index (χ2v) is 8.63. The topological polar surface area (TPSA) is 114 Å². The highest BCUT2D eigenvalue weighted by atomic mass is 32.2. The van der Waals surface area contributed by atoms with E-state index < -0.39 is 34.9 Å². The molecule has 170 valence electrons. The number of amides is 2. The smallest absolute Gasteiger partial charge is 0.244 e. The van der Waals surface area contributed by atoms with Crippen LogP contribution in [0.4, 0.5) is 0 Å². The molecule has 0 fully saturated rings. The molecule has 0 bridgehead atoms. The van der Waals surface area contributed by atoms with E-state index in [1.54, 1.807) is 0 Å². The number of methoxy groups -OCH3 is 2. The molecule has 2 amide bonds. The van der Waals surface area contributed by atoms with Gasteiger partial charge in [0.25, 0.3) is 0 Å².